The smallest absolute Gasteiger partial charge is 0.349 e. The second kappa shape index (κ2) is 3.39. The van der Waals surface area contributed by atoms with E-state index in [1.165, 1.54) is 6.33 Å². The van der Waals surface area contributed by atoms with Gasteiger partial charge in [-0.05, 0) is 0 Å². The predicted octanol–water partition coefficient (Wildman–Crippen LogP) is 1.68. The van der Waals surface area contributed by atoms with Crippen LogP contribution >= 0.6 is 22.9 Å². The van der Waals surface area contributed by atoms with Crippen molar-refractivity contribution in [2.75, 3.05) is 0 Å². The number of imidazole rings is 1. The van der Waals surface area contributed by atoms with Gasteiger partial charge in [0.25, 0.3) is 0 Å². The Hall–Kier alpha value is -1.40. The monoisotopic (exact) mass is 229 g/mol. The average Bonchev–Trinajstić information content (AvgIpc) is 2.70. The van der Waals surface area contributed by atoms with E-state index >= 15 is 0 Å². The summed E-state index contributed by atoms with van der Waals surface area (Å²) in [6.45, 7) is 0. The van der Waals surface area contributed by atoms with Crippen LogP contribution in [0.2, 0.25) is 5.15 Å². The van der Waals surface area contributed by atoms with E-state index in [0.29, 0.717) is 5.13 Å². The molecule has 5 nitrogen and oxygen atoms in total. The second-order valence-electron chi connectivity index (χ2n) is 2.39. The first-order valence-corrected chi connectivity index (χ1v) is 4.76. The maximum absolute atomic E-state index is 10.7. The van der Waals surface area contributed by atoms with Gasteiger partial charge in [0.15, 0.2) is 15.2 Å². The van der Waals surface area contributed by atoms with E-state index in [1.807, 2.05) is 0 Å². The van der Waals surface area contributed by atoms with Crippen molar-refractivity contribution >= 4 is 28.9 Å². The summed E-state index contributed by atoms with van der Waals surface area (Å²) in [4.78, 5) is 18.4. The minimum atomic E-state index is -1.07. The second-order valence-corrected chi connectivity index (χ2v) is 3.73. The van der Waals surface area contributed by atoms with E-state index in [0.717, 1.165) is 11.3 Å². The van der Waals surface area contributed by atoms with Gasteiger partial charge in [0.05, 0.1) is 0 Å². The highest BCUT2D eigenvalue weighted by atomic mass is 35.5. The number of carbonyl (C=O) groups is 1. The molecule has 0 radical (unpaired) electrons. The van der Waals surface area contributed by atoms with Crippen molar-refractivity contribution in [3.63, 3.8) is 0 Å². The lowest BCUT2D eigenvalue weighted by molar-refractivity contribution is 0.0702. The number of rotatable bonds is 2. The van der Waals surface area contributed by atoms with E-state index in [1.54, 1.807) is 17.0 Å². The number of carboxylic acids is 1. The maximum atomic E-state index is 10.7. The highest BCUT2D eigenvalue weighted by Crippen LogP contribution is 2.25. The van der Waals surface area contributed by atoms with Crippen LogP contribution in [0.4, 0.5) is 0 Å². The Kier molecular flexibility index (Phi) is 2.22. The molecule has 2 aromatic heterocycles. The molecule has 14 heavy (non-hydrogen) atoms. The van der Waals surface area contributed by atoms with Crippen LogP contribution in [-0.2, 0) is 0 Å². The summed E-state index contributed by atoms with van der Waals surface area (Å²) in [5.41, 5.74) is 0. The van der Waals surface area contributed by atoms with Gasteiger partial charge >= 0.3 is 5.97 Å². The van der Waals surface area contributed by atoms with Gasteiger partial charge in [-0.3, -0.25) is 4.57 Å². The summed E-state index contributed by atoms with van der Waals surface area (Å²) >= 11 is 6.65. The molecule has 0 atom stereocenters. The van der Waals surface area contributed by atoms with Gasteiger partial charge in [-0.15, -0.1) is 0 Å². The molecule has 0 amide bonds. The molecule has 0 aliphatic carbocycles. The molecule has 72 valence electrons. The standard InChI is InChI=1S/C7H4ClN3O2S/c8-5-4(6(12)13)14-7(10-5)11-2-1-9-3-11/h1-3H,(H,12,13). The lowest BCUT2D eigenvalue weighted by Crippen LogP contribution is -1.91. The molecule has 0 spiro atoms. The highest BCUT2D eigenvalue weighted by Gasteiger charge is 2.16. The minimum Gasteiger partial charge on any atom is -0.477 e. The Morgan fingerprint density at radius 3 is 2.93 bits per heavy atom. The van der Waals surface area contributed by atoms with Crippen LogP contribution in [0.1, 0.15) is 9.67 Å². The van der Waals surface area contributed by atoms with Crippen molar-refractivity contribution in [3.8, 4) is 5.13 Å². The molecule has 7 heteroatoms. The molecule has 0 fully saturated rings. The average molecular weight is 230 g/mol. The van der Waals surface area contributed by atoms with E-state index in [-0.39, 0.29) is 10.0 Å². The molecular weight excluding hydrogens is 226 g/mol. The number of hydrogen-bond acceptors (Lipinski definition) is 4. The first-order chi connectivity index (χ1) is 6.68. The Morgan fingerprint density at radius 2 is 2.43 bits per heavy atom. The fraction of sp³-hybridized carbons (Fsp3) is 0. The molecule has 0 saturated heterocycles. The number of aromatic nitrogens is 3. The third kappa shape index (κ3) is 1.49. The molecule has 0 aliphatic heterocycles. The van der Waals surface area contributed by atoms with Crippen LogP contribution in [0, 0.1) is 0 Å². The molecule has 2 rings (SSSR count). The van der Waals surface area contributed by atoms with Crippen LogP contribution in [0.15, 0.2) is 18.7 Å². The Balaban J connectivity index is 2.48. The van der Waals surface area contributed by atoms with Crippen molar-refractivity contribution in [2.45, 2.75) is 0 Å². The first-order valence-electron chi connectivity index (χ1n) is 3.56. The van der Waals surface area contributed by atoms with E-state index in [9.17, 15) is 4.79 Å². The summed E-state index contributed by atoms with van der Waals surface area (Å²) in [6.07, 6.45) is 4.78. The zero-order valence-corrected chi connectivity index (χ0v) is 8.29. The molecule has 0 aliphatic rings. The Morgan fingerprint density at radius 1 is 1.64 bits per heavy atom. The number of thiazole rings is 1. The number of hydrogen-bond donors (Lipinski definition) is 1. The lowest BCUT2D eigenvalue weighted by Gasteiger charge is -1.90. The minimum absolute atomic E-state index is 0.00574. The van der Waals surface area contributed by atoms with Crippen LogP contribution in [-0.4, -0.2) is 25.6 Å². The summed E-state index contributed by atoms with van der Waals surface area (Å²) in [5.74, 6) is -1.07. The van der Waals surface area contributed by atoms with Crippen molar-refractivity contribution in [1.82, 2.24) is 14.5 Å². The largest absolute Gasteiger partial charge is 0.477 e. The molecule has 1 N–H and O–H groups in total. The van der Waals surface area contributed by atoms with Crippen molar-refractivity contribution in [2.24, 2.45) is 0 Å². The first kappa shape index (κ1) is 9.17. The molecular formula is C7H4ClN3O2S. The quantitative estimate of drug-likeness (QED) is 0.851. The van der Waals surface area contributed by atoms with Crippen molar-refractivity contribution in [1.29, 1.82) is 0 Å². The molecule has 2 heterocycles. The Bertz CT molecular complexity index is 465. The third-order valence-corrected chi connectivity index (χ3v) is 2.94. The molecule has 0 bridgehead atoms. The van der Waals surface area contributed by atoms with Gasteiger partial charge in [-0.2, -0.15) is 0 Å². The molecule has 0 saturated carbocycles. The molecule has 0 aromatic carbocycles. The summed E-state index contributed by atoms with van der Waals surface area (Å²) in [7, 11) is 0. The SMILES string of the molecule is O=C(O)c1sc(-n2ccnc2)nc1Cl. The van der Waals surface area contributed by atoms with Crippen LogP contribution in [0.25, 0.3) is 5.13 Å². The van der Waals surface area contributed by atoms with Gasteiger partial charge < -0.3 is 5.11 Å². The van der Waals surface area contributed by atoms with Crippen LogP contribution in [0.5, 0.6) is 0 Å². The van der Waals surface area contributed by atoms with Gasteiger partial charge in [0.2, 0.25) is 0 Å². The van der Waals surface area contributed by atoms with Gasteiger partial charge in [0, 0.05) is 12.4 Å². The van der Waals surface area contributed by atoms with Gasteiger partial charge in [-0.25, -0.2) is 14.8 Å². The molecule has 0 unspecified atom stereocenters. The number of halogens is 1. The third-order valence-electron chi connectivity index (χ3n) is 1.49. The normalized spacial score (nSPS) is 10.4. The summed E-state index contributed by atoms with van der Waals surface area (Å²) in [6, 6.07) is 0. The zero-order valence-electron chi connectivity index (χ0n) is 6.72. The van der Waals surface area contributed by atoms with E-state index < -0.39 is 5.97 Å². The van der Waals surface area contributed by atoms with E-state index in [4.69, 9.17) is 16.7 Å². The summed E-state index contributed by atoms with van der Waals surface area (Å²) in [5, 5.41) is 9.23. The number of carboxylic acid groups (broad SMARTS) is 1. The highest BCUT2D eigenvalue weighted by molar-refractivity contribution is 7.16. The fourth-order valence-electron chi connectivity index (χ4n) is 0.906. The summed E-state index contributed by atoms with van der Waals surface area (Å²) < 4.78 is 1.60. The zero-order chi connectivity index (χ0) is 10.1. The fourth-order valence-corrected chi connectivity index (χ4v) is 1.98. The van der Waals surface area contributed by atoms with Crippen molar-refractivity contribution in [3.05, 3.63) is 28.8 Å². The van der Waals surface area contributed by atoms with Crippen molar-refractivity contribution < 1.29 is 9.90 Å². The number of nitrogens with zero attached hydrogens (tertiary/aromatic N) is 3. The number of aromatic carboxylic acids is 1. The van der Waals surface area contributed by atoms with Gasteiger partial charge in [-0.1, -0.05) is 22.9 Å². The lowest BCUT2D eigenvalue weighted by atomic mass is 10.6. The topological polar surface area (TPSA) is 68.0 Å². The molecule has 2 aromatic rings. The predicted molar refractivity (Wildman–Crippen MR) is 51.2 cm³/mol. The Labute approximate surface area is 87.6 Å². The maximum Gasteiger partial charge on any atom is 0.349 e. The van der Waals surface area contributed by atoms with Crippen LogP contribution in [0.3, 0.4) is 0 Å². The van der Waals surface area contributed by atoms with Gasteiger partial charge in [0.1, 0.15) is 6.33 Å². The van der Waals surface area contributed by atoms with Crippen LogP contribution < -0.4 is 0 Å². The van der Waals surface area contributed by atoms with E-state index in [2.05, 4.69) is 9.97 Å².